The van der Waals surface area contributed by atoms with Crippen LogP contribution in [0.3, 0.4) is 0 Å². The second kappa shape index (κ2) is 6.96. The SMILES string of the molecule is C[C@@H]1CC[C@@H]2[C@@H](O1)c1cc(C(=O)NCCN(C)C)ccc1OC2(C)C. The van der Waals surface area contributed by atoms with Crippen molar-refractivity contribution in [2.24, 2.45) is 5.92 Å². The van der Waals surface area contributed by atoms with Crippen LogP contribution < -0.4 is 10.1 Å². The number of rotatable bonds is 4. The summed E-state index contributed by atoms with van der Waals surface area (Å²) in [6, 6.07) is 5.70. The Morgan fingerprint density at radius 3 is 2.80 bits per heavy atom. The number of benzene rings is 1. The number of hydrogen-bond donors (Lipinski definition) is 1. The standard InChI is InChI=1S/C20H30N2O3/c1-13-6-8-16-18(24-13)15-12-14(19(23)21-10-11-22(4)5)7-9-17(15)25-20(16,2)3/h7,9,12-13,16,18H,6,8,10-11H2,1-5H3,(H,21,23)/t13-,16-,18+/m1/s1. The third-order valence-corrected chi connectivity index (χ3v) is 5.32. The van der Waals surface area contributed by atoms with Gasteiger partial charge in [0, 0.05) is 30.1 Å². The van der Waals surface area contributed by atoms with E-state index in [0.717, 1.165) is 30.7 Å². The summed E-state index contributed by atoms with van der Waals surface area (Å²) in [5.74, 6) is 1.10. The minimum atomic E-state index is -0.257. The molecule has 138 valence electrons. The van der Waals surface area contributed by atoms with Gasteiger partial charge >= 0.3 is 0 Å². The van der Waals surface area contributed by atoms with Crippen LogP contribution in [-0.4, -0.2) is 49.7 Å². The highest BCUT2D eigenvalue weighted by Gasteiger charge is 2.47. The number of carbonyl (C=O) groups excluding carboxylic acids is 1. The number of nitrogens with one attached hydrogen (secondary N) is 1. The number of likely N-dealkylation sites (N-methyl/N-ethyl adjacent to an activating group) is 1. The summed E-state index contributed by atoms with van der Waals surface area (Å²) in [5.41, 5.74) is 1.42. The first-order valence-corrected chi connectivity index (χ1v) is 9.19. The van der Waals surface area contributed by atoms with Crippen LogP contribution in [0.5, 0.6) is 5.75 Å². The Kier molecular flexibility index (Phi) is 5.07. The molecule has 3 rings (SSSR count). The highest BCUT2D eigenvalue weighted by Crippen LogP contribution is 2.50. The average molecular weight is 346 g/mol. The van der Waals surface area contributed by atoms with Crippen LogP contribution in [0, 0.1) is 5.92 Å². The molecule has 1 aromatic carbocycles. The van der Waals surface area contributed by atoms with Crippen molar-refractivity contribution in [2.75, 3.05) is 27.2 Å². The molecule has 0 aromatic heterocycles. The molecule has 2 heterocycles. The highest BCUT2D eigenvalue weighted by molar-refractivity contribution is 5.94. The van der Waals surface area contributed by atoms with Gasteiger partial charge in [0.2, 0.25) is 0 Å². The second-order valence-corrected chi connectivity index (χ2v) is 8.07. The van der Waals surface area contributed by atoms with Crippen molar-refractivity contribution in [1.29, 1.82) is 0 Å². The molecule has 5 heteroatoms. The van der Waals surface area contributed by atoms with Crippen molar-refractivity contribution in [1.82, 2.24) is 10.2 Å². The molecule has 0 bridgehead atoms. The summed E-state index contributed by atoms with van der Waals surface area (Å²) in [4.78, 5) is 14.5. The molecule has 0 unspecified atom stereocenters. The van der Waals surface area contributed by atoms with Crippen LogP contribution in [0.4, 0.5) is 0 Å². The number of nitrogens with zero attached hydrogens (tertiary/aromatic N) is 1. The maximum absolute atomic E-state index is 12.5. The van der Waals surface area contributed by atoms with Crippen LogP contribution >= 0.6 is 0 Å². The molecule has 0 aliphatic carbocycles. The Hall–Kier alpha value is -1.59. The molecule has 5 nitrogen and oxygen atoms in total. The first-order chi connectivity index (χ1) is 11.8. The molecule has 25 heavy (non-hydrogen) atoms. The Bertz CT molecular complexity index is 642. The average Bonchev–Trinajstić information content (AvgIpc) is 2.53. The fourth-order valence-electron chi connectivity index (χ4n) is 3.84. The number of amides is 1. The van der Waals surface area contributed by atoms with E-state index in [9.17, 15) is 4.79 Å². The largest absolute Gasteiger partial charge is 0.487 e. The first-order valence-electron chi connectivity index (χ1n) is 9.19. The lowest BCUT2D eigenvalue weighted by Crippen LogP contribution is -2.48. The normalized spacial score (nSPS) is 27.2. The van der Waals surface area contributed by atoms with E-state index in [1.165, 1.54) is 0 Å². The molecule has 2 aliphatic heterocycles. The molecule has 1 amide bonds. The molecule has 3 atom stereocenters. The van der Waals surface area contributed by atoms with E-state index in [1.807, 2.05) is 37.2 Å². The Labute approximate surface area is 150 Å². The number of ether oxygens (including phenoxy) is 2. The predicted octanol–water partition coefficient (Wildman–Crippen LogP) is 3.01. The van der Waals surface area contributed by atoms with Gasteiger partial charge in [-0.15, -0.1) is 0 Å². The van der Waals surface area contributed by atoms with Gasteiger partial charge in [-0.25, -0.2) is 0 Å². The van der Waals surface area contributed by atoms with Crippen molar-refractivity contribution < 1.29 is 14.3 Å². The monoisotopic (exact) mass is 346 g/mol. The molecule has 1 N–H and O–H groups in total. The van der Waals surface area contributed by atoms with Crippen LogP contribution in [0.15, 0.2) is 18.2 Å². The fourth-order valence-corrected chi connectivity index (χ4v) is 3.84. The number of hydrogen-bond acceptors (Lipinski definition) is 4. The number of fused-ring (bicyclic) bond motifs is 3. The molecular weight excluding hydrogens is 316 g/mol. The van der Waals surface area contributed by atoms with Crippen molar-refractivity contribution in [3.63, 3.8) is 0 Å². The predicted molar refractivity (Wildman–Crippen MR) is 98.0 cm³/mol. The van der Waals surface area contributed by atoms with Gasteiger partial charge in [-0.05, 0) is 65.9 Å². The summed E-state index contributed by atoms with van der Waals surface area (Å²) in [6.07, 6.45) is 2.36. The van der Waals surface area contributed by atoms with Crippen molar-refractivity contribution >= 4 is 5.91 Å². The maximum atomic E-state index is 12.5. The van der Waals surface area contributed by atoms with Crippen molar-refractivity contribution in [3.8, 4) is 5.75 Å². The third-order valence-electron chi connectivity index (χ3n) is 5.32. The topological polar surface area (TPSA) is 50.8 Å². The van der Waals surface area contributed by atoms with E-state index >= 15 is 0 Å². The minimum absolute atomic E-state index is 0.00275. The van der Waals surface area contributed by atoms with E-state index in [4.69, 9.17) is 9.47 Å². The zero-order chi connectivity index (χ0) is 18.2. The lowest BCUT2D eigenvalue weighted by Gasteiger charge is -2.48. The van der Waals surface area contributed by atoms with Gasteiger partial charge in [0.1, 0.15) is 11.4 Å². The summed E-state index contributed by atoms with van der Waals surface area (Å²) in [7, 11) is 3.98. The molecule has 2 aliphatic rings. The zero-order valence-electron chi connectivity index (χ0n) is 16.0. The van der Waals surface area contributed by atoms with Crippen LogP contribution in [0.25, 0.3) is 0 Å². The minimum Gasteiger partial charge on any atom is -0.487 e. The molecule has 0 spiro atoms. The van der Waals surface area contributed by atoms with Gasteiger partial charge < -0.3 is 19.7 Å². The van der Waals surface area contributed by atoms with E-state index in [-0.39, 0.29) is 23.7 Å². The summed E-state index contributed by atoms with van der Waals surface area (Å²) in [6.45, 7) is 7.84. The van der Waals surface area contributed by atoms with Crippen LogP contribution in [-0.2, 0) is 4.74 Å². The smallest absolute Gasteiger partial charge is 0.251 e. The second-order valence-electron chi connectivity index (χ2n) is 8.07. The van der Waals surface area contributed by atoms with Crippen LogP contribution in [0.2, 0.25) is 0 Å². The quantitative estimate of drug-likeness (QED) is 0.910. The van der Waals surface area contributed by atoms with Crippen molar-refractivity contribution in [2.45, 2.75) is 51.4 Å². The molecule has 1 aromatic rings. The van der Waals surface area contributed by atoms with Gasteiger partial charge in [0.15, 0.2) is 0 Å². The summed E-state index contributed by atoms with van der Waals surface area (Å²) >= 11 is 0. The van der Waals surface area contributed by atoms with E-state index in [0.29, 0.717) is 18.0 Å². The molecule has 1 fully saturated rings. The fraction of sp³-hybridized carbons (Fsp3) is 0.650. The lowest BCUT2D eigenvalue weighted by molar-refractivity contribution is -0.144. The van der Waals surface area contributed by atoms with Gasteiger partial charge in [0.25, 0.3) is 5.91 Å². The first kappa shape index (κ1) is 18.2. The highest BCUT2D eigenvalue weighted by atomic mass is 16.5. The van der Waals surface area contributed by atoms with Crippen molar-refractivity contribution in [3.05, 3.63) is 29.3 Å². The Balaban J connectivity index is 1.83. The van der Waals surface area contributed by atoms with Gasteiger partial charge in [-0.3, -0.25) is 4.79 Å². The maximum Gasteiger partial charge on any atom is 0.251 e. The van der Waals surface area contributed by atoms with Crippen LogP contribution in [0.1, 0.15) is 55.6 Å². The Morgan fingerprint density at radius 2 is 2.08 bits per heavy atom. The molecule has 0 radical (unpaired) electrons. The summed E-state index contributed by atoms with van der Waals surface area (Å²) in [5, 5.41) is 2.97. The van der Waals surface area contributed by atoms with E-state index < -0.39 is 0 Å². The zero-order valence-corrected chi connectivity index (χ0v) is 16.0. The summed E-state index contributed by atoms with van der Waals surface area (Å²) < 4.78 is 12.5. The lowest BCUT2D eigenvalue weighted by atomic mass is 9.75. The third kappa shape index (κ3) is 3.82. The molecule has 1 saturated heterocycles. The molecular formula is C20H30N2O3. The van der Waals surface area contributed by atoms with Gasteiger partial charge in [0.05, 0.1) is 12.2 Å². The van der Waals surface area contributed by atoms with E-state index in [1.54, 1.807) is 0 Å². The molecule has 0 saturated carbocycles. The van der Waals surface area contributed by atoms with Gasteiger partial charge in [-0.2, -0.15) is 0 Å². The number of carbonyl (C=O) groups is 1. The van der Waals surface area contributed by atoms with E-state index in [2.05, 4.69) is 26.1 Å². The Morgan fingerprint density at radius 1 is 1.32 bits per heavy atom. The van der Waals surface area contributed by atoms with Gasteiger partial charge in [-0.1, -0.05) is 0 Å².